The molecule has 3 heterocycles. The molecule has 0 bridgehead atoms. The van der Waals surface area contributed by atoms with E-state index in [9.17, 15) is 8.42 Å². The van der Waals surface area contributed by atoms with Crippen molar-refractivity contribution in [3.05, 3.63) is 36.5 Å². The standard InChI is InChI=1S/C19H25N5O2S/c25-27(26)13-9-16(14-27)22-19-20-10-8-18(23-19)21-15-4-6-17(7-5-15)24-11-2-1-3-12-24/h4-8,10,16H,1-3,9,11-14H2,(H2,20,21,22,23). The number of benzene rings is 1. The van der Waals surface area contributed by atoms with Crippen LogP contribution in [-0.2, 0) is 9.84 Å². The lowest BCUT2D eigenvalue weighted by Gasteiger charge is -2.28. The number of aromatic nitrogens is 2. The SMILES string of the molecule is O=S1(=O)CCC(Nc2nccc(Nc3ccc(N4CCCCC4)cc3)n2)C1. The summed E-state index contributed by atoms with van der Waals surface area (Å²) in [6.45, 7) is 2.26. The molecule has 2 fully saturated rings. The van der Waals surface area contributed by atoms with Crippen LogP contribution in [0.2, 0.25) is 0 Å². The predicted octanol–water partition coefficient (Wildman–Crippen LogP) is 2.81. The predicted molar refractivity (Wildman–Crippen MR) is 109 cm³/mol. The molecule has 4 rings (SSSR count). The van der Waals surface area contributed by atoms with Gasteiger partial charge in [-0.3, -0.25) is 0 Å². The average molecular weight is 388 g/mol. The fourth-order valence-electron chi connectivity index (χ4n) is 3.64. The highest BCUT2D eigenvalue weighted by atomic mass is 32.2. The van der Waals surface area contributed by atoms with Crippen LogP contribution >= 0.6 is 0 Å². The Morgan fingerprint density at radius 2 is 1.81 bits per heavy atom. The van der Waals surface area contributed by atoms with Crippen LogP contribution in [-0.4, -0.2) is 49.0 Å². The molecule has 1 unspecified atom stereocenters. The van der Waals surface area contributed by atoms with Gasteiger partial charge in [0, 0.05) is 36.7 Å². The first-order chi connectivity index (χ1) is 13.1. The van der Waals surface area contributed by atoms with E-state index in [1.807, 2.05) is 0 Å². The Morgan fingerprint density at radius 1 is 1.04 bits per heavy atom. The van der Waals surface area contributed by atoms with Gasteiger partial charge in [0.05, 0.1) is 11.5 Å². The molecular weight excluding hydrogens is 362 g/mol. The van der Waals surface area contributed by atoms with E-state index in [0.717, 1.165) is 18.8 Å². The Bertz CT molecular complexity index is 879. The maximum atomic E-state index is 11.6. The molecule has 2 aliphatic heterocycles. The maximum absolute atomic E-state index is 11.6. The van der Waals surface area contributed by atoms with Crippen LogP contribution in [0.5, 0.6) is 0 Å². The molecule has 2 aromatic rings. The van der Waals surface area contributed by atoms with E-state index >= 15 is 0 Å². The topological polar surface area (TPSA) is 87.2 Å². The van der Waals surface area contributed by atoms with Gasteiger partial charge in [0.15, 0.2) is 9.84 Å². The van der Waals surface area contributed by atoms with Crippen molar-refractivity contribution >= 4 is 33.0 Å². The molecule has 0 amide bonds. The molecule has 1 aromatic carbocycles. The largest absolute Gasteiger partial charge is 0.372 e. The lowest BCUT2D eigenvalue weighted by atomic mass is 10.1. The van der Waals surface area contributed by atoms with Crippen LogP contribution in [0.1, 0.15) is 25.7 Å². The van der Waals surface area contributed by atoms with Crippen molar-refractivity contribution in [1.82, 2.24) is 9.97 Å². The molecule has 8 heteroatoms. The molecular formula is C19H25N5O2S. The normalized spacial score (nSPS) is 21.8. The van der Waals surface area contributed by atoms with Crippen molar-refractivity contribution in [3.8, 4) is 0 Å². The average Bonchev–Trinajstić information content (AvgIpc) is 3.02. The molecule has 144 valence electrons. The summed E-state index contributed by atoms with van der Waals surface area (Å²) in [6.07, 6.45) is 6.12. The number of hydrogen-bond donors (Lipinski definition) is 2. The quantitative estimate of drug-likeness (QED) is 0.816. The summed E-state index contributed by atoms with van der Waals surface area (Å²) in [7, 11) is -2.93. The first-order valence-corrected chi connectivity index (χ1v) is 11.3. The summed E-state index contributed by atoms with van der Waals surface area (Å²) >= 11 is 0. The van der Waals surface area contributed by atoms with Crippen molar-refractivity contribution < 1.29 is 8.42 Å². The van der Waals surface area contributed by atoms with Crippen molar-refractivity contribution in [2.24, 2.45) is 0 Å². The number of anilines is 4. The Morgan fingerprint density at radius 3 is 2.52 bits per heavy atom. The number of nitrogens with one attached hydrogen (secondary N) is 2. The van der Waals surface area contributed by atoms with Crippen molar-refractivity contribution in [3.63, 3.8) is 0 Å². The number of sulfone groups is 1. The van der Waals surface area contributed by atoms with E-state index in [1.165, 1.54) is 24.9 Å². The van der Waals surface area contributed by atoms with E-state index in [4.69, 9.17) is 0 Å². The zero-order valence-corrected chi connectivity index (χ0v) is 16.1. The van der Waals surface area contributed by atoms with Gasteiger partial charge in [-0.25, -0.2) is 13.4 Å². The molecule has 1 aromatic heterocycles. The van der Waals surface area contributed by atoms with Gasteiger partial charge in [-0.05, 0) is 56.0 Å². The fourth-order valence-corrected chi connectivity index (χ4v) is 5.32. The van der Waals surface area contributed by atoms with Gasteiger partial charge in [-0.1, -0.05) is 0 Å². The third kappa shape index (κ3) is 4.68. The molecule has 7 nitrogen and oxygen atoms in total. The minimum atomic E-state index is -2.93. The molecule has 2 saturated heterocycles. The lowest BCUT2D eigenvalue weighted by Crippen LogP contribution is -2.29. The number of piperidine rings is 1. The summed E-state index contributed by atoms with van der Waals surface area (Å²) in [6, 6.07) is 10.1. The van der Waals surface area contributed by atoms with E-state index in [1.54, 1.807) is 12.3 Å². The maximum Gasteiger partial charge on any atom is 0.224 e. The second kappa shape index (κ2) is 7.72. The molecule has 0 saturated carbocycles. The zero-order valence-electron chi connectivity index (χ0n) is 15.3. The second-order valence-electron chi connectivity index (χ2n) is 7.23. The first kappa shape index (κ1) is 18.0. The van der Waals surface area contributed by atoms with Crippen LogP contribution in [0.4, 0.5) is 23.1 Å². The van der Waals surface area contributed by atoms with Gasteiger partial charge in [-0.2, -0.15) is 4.98 Å². The highest BCUT2D eigenvalue weighted by Crippen LogP contribution is 2.23. The van der Waals surface area contributed by atoms with Crippen molar-refractivity contribution in [2.75, 3.05) is 40.1 Å². The highest BCUT2D eigenvalue weighted by molar-refractivity contribution is 7.91. The van der Waals surface area contributed by atoms with Gasteiger partial charge in [0.25, 0.3) is 0 Å². The van der Waals surface area contributed by atoms with Crippen LogP contribution < -0.4 is 15.5 Å². The molecule has 0 aliphatic carbocycles. The smallest absolute Gasteiger partial charge is 0.224 e. The molecule has 27 heavy (non-hydrogen) atoms. The minimum Gasteiger partial charge on any atom is -0.372 e. The van der Waals surface area contributed by atoms with E-state index in [0.29, 0.717) is 18.2 Å². The summed E-state index contributed by atoms with van der Waals surface area (Å²) in [4.78, 5) is 11.1. The fraction of sp³-hybridized carbons (Fsp3) is 0.474. The molecule has 1 atom stereocenters. The Balaban J connectivity index is 1.39. The summed E-state index contributed by atoms with van der Waals surface area (Å²) < 4.78 is 23.2. The van der Waals surface area contributed by atoms with E-state index in [2.05, 4.69) is 49.8 Å². The minimum absolute atomic E-state index is 0.117. The van der Waals surface area contributed by atoms with Gasteiger partial charge < -0.3 is 15.5 Å². The Hall–Kier alpha value is -2.35. The molecule has 0 radical (unpaired) electrons. The first-order valence-electron chi connectivity index (χ1n) is 9.49. The van der Waals surface area contributed by atoms with E-state index < -0.39 is 9.84 Å². The highest BCUT2D eigenvalue weighted by Gasteiger charge is 2.28. The van der Waals surface area contributed by atoms with Crippen LogP contribution in [0.15, 0.2) is 36.5 Å². The van der Waals surface area contributed by atoms with Gasteiger partial charge in [0.1, 0.15) is 5.82 Å². The molecule has 2 aliphatic rings. The summed E-state index contributed by atoms with van der Waals surface area (Å²) in [5.41, 5.74) is 2.22. The van der Waals surface area contributed by atoms with E-state index in [-0.39, 0.29) is 17.5 Å². The van der Waals surface area contributed by atoms with Crippen molar-refractivity contribution in [2.45, 2.75) is 31.7 Å². The zero-order chi connectivity index (χ0) is 18.7. The number of hydrogen-bond acceptors (Lipinski definition) is 7. The number of nitrogens with zero attached hydrogens (tertiary/aromatic N) is 3. The molecule has 0 spiro atoms. The third-order valence-electron chi connectivity index (χ3n) is 5.08. The monoisotopic (exact) mass is 387 g/mol. The summed E-state index contributed by atoms with van der Waals surface area (Å²) in [5.74, 6) is 1.50. The van der Waals surface area contributed by atoms with Crippen molar-refractivity contribution in [1.29, 1.82) is 0 Å². The third-order valence-corrected chi connectivity index (χ3v) is 6.85. The Labute approximate surface area is 160 Å². The van der Waals surface area contributed by atoms with Crippen LogP contribution in [0, 0.1) is 0 Å². The summed E-state index contributed by atoms with van der Waals surface area (Å²) in [5, 5.41) is 6.41. The van der Waals surface area contributed by atoms with Gasteiger partial charge in [-0.15, -0.1) is 0 Å². The van der Waals surface area contributed by atoms with Crippen LogP contribution in [0.25, 0.3) is 0 Å². The Kier molecular flexibility index (Phi) is 5.15. The van der Waals surface area contributed by atoms with Crippen LogP contribution in [0.3, 0.4) is 0 Å². The second-order valence-corrected chi connectivity index (χ2v) is 9.46. The van der Waals surface area contributed by atoms with Gasteiger partial charge in [0.2, 0.25) is 5.95 Å². The number of rotatable bonds is 5. The molecule has 2 N–H and O–H groups in total. The lowest BCUT2D eigenvalue weighted by molar-refractivity contribution is 0.578. The van der Waals surface area contributed by atoms with Gasteiger partial charge >= 0.3 is 0 Å².